The first-order chi connectivity index (χ1) is 8.31. The topological polar surface area (TPSA) is 26.0 Å². The lowest BCUT2D eigenvalue weighted by Gasteiger charge is -2.12. The van der Waals surface area contributed by atoms with Crippen LogP contribution in [0.4, 0.5) is 0 Å². The molecule has 2 aromatic rings. The summed E-state index contributed by atoms with van der Waals surface area (Å²) in [6.45, 7) is 2.18. The van der Waals surface area contributed by atoms with Crippen molar-refractivity contribution < 1.29 is 0 Å². The fourth-order valence-corrected chi connectivity index (χ4v) is 2.74. The molecule has 0 aliphatic heterocycles. The van der Waals surface area contributed by atoms with Crippen molar-refractivity contribution in [3.63, 3.8) is 0 Å². The van der Waals surface area contributed by atoms with Gasteiger partial charge in [0.2, 0.25) is 0 Å². The fourth-order valence-electron chi connectivity index (χ4n) is 2.08. The zero-order valence-electron chi connectivity index (χ0n) is 10.2. The van der Waals surface area contributed by atoms with Crippen LogP contribution in [0.2, 0.25) is 0 Å². The number of hydrogen-bond donors (Lipinski definition) is 1. The summed E-state index contributed by atoms with van der Waals surface area (Å²) in [7, 11) is 0. The minimum absolute atomic E-state index is 0.255. The first-order valence-corrected chi connectivity index (χ1v) is 7.26. The molecule has 90 valence electrons. The van der Waals surface area contributed by atoms with Crippen LogP contribution in [0, 0.1) is 0 Å². The molecular formula is C15H19NS. The van der Waals surface area contributed by atoms with Crippen LogP contribution in [-0.2, 0) is 6.42 Å². The summed E-state index contributed by atoms with van der Waals surface area (Å²) >= 11 is 1.92. The van der Waals surface area contributed by atoms with E-state index in [9.17, 15) is 0 Å². The third-order valence-corrected chi connectivity index (χ3v) is 3.97. The van der Waals surface area contributed by atoms with Crippen LogP contribution in [0.15, 0.2) is 42.5 Å². The van der Waals surface area contributed by atoms with Gasteiger partial charge in [-0.2, -0.15) is 11.8 Å². The van der Waals surface area contributed by atoms with Crippen LogP contribution in [0.1, 0.15) is 12.5 Å². The molecule has 17 heavy (non-hydrogen) atoms. The number of fused-ring (bicyclic) bond motifs is 1. The van der Waals surface area contributed by atoms with E-state index < -0.39 is 0 Å². The number of thioether (sulfide) groups is 1. The highest BCUT2D eigenvalue weighted by molar-refractivity contribution is 7.99. The summed E-state index contributed by atoms with van der Waals surface area (Å²) in [6, 6.07) is 15.2. The van der Waals surface area contributed by atoms with E-state index in [0.717, 1.165) is 17.9 Å². The number of rotatable bonds is 5. The Hall–Kier alpha value is -0.990. The summed E-state index contributed by atoms with van der Waals surface area (Å²) in [4.78, 5) is 0. The second-order valence-electron chi connectivity index (χ2n) is 4.26. The molecular weight excluding hydrogens is 226 g/mol. The second kappa shape index (κ2) is 6.08. The Morgan fingerprint density at radius 2 is 1.88 bits per heavy atom. The normalized spacial score (nSPS) is 12.8. The Balaban J connectivity index is 2.18. The molecule has 2 N–H and O–H groups in total. The smallest absolute Gasteiger partial charge is 0.0171 e. The van der Waals surface area contributed by atoms with E-state index in [1.165, 1.54) is 16.3 Å². The van der Waals surface area contributed by atoms with Gasteiger partial charge in [-0.3, -0.25) is 0 Å². The average Bonchev–Trinajstić information content (AvgIpc) is 2.37. The highest BCUT2D eigenvalue weighted by Crippen LogP contribution is 2.20. The monoisotopic (exact) mass is 245 g/mol. The van der Waals surface area contributed by atoms with E-state index in [1.807, 2.05) is 11.8 Å². The van der Waals surface area contributed by atoms with Crippen LogP contribution in [0.3, 0.4) is 0 Å². The van der Waals surface area contributed by atoms with E-state index >= 15 is 0 Å². The zero-order chi connectivity index (χ0) is 12.1. The standard InChI is InChI=1S/C15H19NS/c1-2-17-11-14(16)10-13-8-5-7-12-6-3-4-9-15(12)13/h3-9,14H,2,10-11,16H2,1H3. The van der Waals surface area contributed by atoms with E-state index in [2.05, 4.69) is 49.4 Å². The van der Waals surface area contributed by atoms with Gasteiger partial charge in [0.1, 0.15) is 0 Å². The van der Waals surface area contributed by atoms with Crippen molar-refractivity contribution in [1.82, 2.24) is 0 Å². The molecule has 0 heterocycles. The molecule has 0 saturated heterocycles. The largest absolute Gasteiger partial charge is 0.327 e. The molecule has 0 amide bonds. The van der Waals surface area contributed by atoms with Crippen LogP contribution in [0.5, 0.6) is 0 Å². The Morgan fingerprint density at radius 1 is 1.12 bits per heavy atom. The van der Waals surface area contributed by atoms with Crippen LogP contribution in [0.25, 0.3) is 10.8 Å². The molecule has 0 bridgehead atoms. The molecule has 0 fully saturated rings. The van der Waals surface area contributed by atoms with E-state index in [1.54, 1.807) is 0 Å². The van der Waals surface area contributed by atoms with Gasteiger partial charge in [0.25, 0.3) is 0 Å². The molecule has 0 radical (unpaired) electrons. The van der Waals surface area contributed by atoms with Crippen molar-refractivity contribution in [2.24, 2.45) is 5.73 Å². The maximum Gasteiger partial charge on any atom is 0.0171 e. The minimum Gasteiger partial charge on any atom is -0.327 e. The molecule has 0 aliphatic rings. The van der Waals surface area contributed by atoms with Crippen molar-refractivity contribution in [3.05, 3.63) is 48.0 Å². The molecule has 0 saturated carbocycles. The molecule has 1 unspecified atom stereocenters. The summed E-state index contributed by atoms with van der Waals surface area (Å²) in [6.07, 6.45) is 0.967. The predicted molar refractivity (Wildman–Crippen MR) is 78.6 cm³/mol. The Morgan fingerprint density at radius 3 is 2.71 bits per heavy atom. The van der Waals surface area contributed by atoms with Gasteiger partial charge >= 0.3 is 0 Å². The molecule has 2 aromatic carbocycles. The molecule has 1 atom stereocenters. The third-order valence-electron chi connectivity index (χ3n) is 2.90. The molecule has 0 aromatic heterocycles. The second-order valence-corrected chi connectivity index (χ2v) is 5.58. The quantitative estimate of drug-likeness (QED) is 0.873. The Labute approximate surface area is 107 Å². The van der Waals surface area contributed by atoms with Crippen LogP contribution < -0.4 is 5.73 Å². The average molecular weight is 245 g/mol. The molecule has 2 heteroatoms. The summed E-state index contributed by atoms with van der Waals surface area (Å²) in [5.74, 6) is 2.18. The van der Waals surface area contributed by atoms with E-state index in [4.69, 9.17) is 5.73 Å². The number of benzene rings is 2. The Bertz CT molecular complexity index is 476. The van der Waals surface area contributed by atoms with Gasteiger partial charge < -0.3 is 5.73 Å². The minimum atomic E-state index is 0.255. The molecule has 0 aliphatic carbocycles. The highest BCUT2D eigenvalue weighted by atomic mass is 32.2. The molecule has 2 rings (SSSR count). The maximum atomic E-state index is 6.16. The summed E-state index contributed by atoms with van der Waals surface area (Å²) in [5.41, 5.74) is 7.53. The van der Waals surface area contributed by atoms with E-state index in [0.29, 0.717) is 0 Å². The highest BCUT2D eigenvalue weighted by Gasteiger charge is 2.06. The first-order valence-electron chi connectivity index (χ1n) is 6.11. The van der Waals surface area contributed by atoms with Gasteiger partial charge in [-0.25, -0.2) is 0 Å². The lowest BCUT2D eigenvalue weighted by molar-refractivity contribution is 0.752. The summed E-state index contributed by atoms with van der Waals surface area (Å²) in [5, 5.41) is 2.65. The summed E-state index contributed by atoms with van der Waals surface area (Å²) < 4.78 is 0. The fraction of sp³-hybridized carbons (Fsp3) is 0.333. The maximum absolute atomic E-state index is 6.16. The van der Waals surface area contributed by atoms with Gasteiger partial charge in [-0.1, -0.05) is 49.4 Å². The van der Waals surface area contributed by atoms with Crippen molar-refractivity contribution in [3.8, 4) is 0 Å². The third kappa shape index (κ3) is 3.24. The molecule has 0 spiro atoms. The van der Waals surface area contributed by atoms with Crippen LogP contribution in [-0.4, -0.2) is 17.5 Å². The first kappa shape index (κ1) is 12.5. The van der Waals surface area contributed by atoms with Gasteiger partial charge in [-0.05, 0) is 28.5 Å². The lowest BCUT2D eigenvalue weighted by atomic mass is 10.00. The Kier molecular flexibility index (Phi) is 4.46. The van der Waals surface area contributed by atoms with Gasteiger partial charge in [0.15, 0.2) is 0 Å². The van der Waals surface area contributed by atoms with Crippen molar-refractivity contribution >= 4 is 22.5 Å². The van der Waals surface area contributed by atoms with Crippen LogP contribution >= 0.6 is 11.8 Å². The zero-order valence-corrected chi connectivity index (χ0v) is 11.0. The van der Waals surface area contributed by atoms with Crippen molar-refractivity contribution in [1.29, 1.82) is 0 Å². The van der Waals surface area contributed by atoms with Gasteiger partial charge in [0, 0.05) is 11.8 Å². The van der Waals surface area contributed by atoms with E-state index in [-0.39, 0.29) is 6.04 Å². The van der Waals surface area contributed by atoms with Gasteiger partial charge in [-0.15, -0.1) is 0 Å². The van der Waals surface area contributed by atoms with Gasteiger partial charge in [0.05, 0.1) is 0 Å². The number of hydrogen-bond acceptors (Lipinski definition) is 2. The number of nitrogens with two attached hydrogens (primary N) is 1. The SMILES string of the molecule is CCSCC(N)Cc1cccc2ccccc12. The van der Waals surface area contributed by atoms with Crippen molar-refractivity contribution in [2.75, 3.05) is 11.5 Å². The van der Waals surface area contributed by atoms with Crippen molar-refractivity contribution in [2.45, 2.75) is 19.4 Å². The lowest BCUT2D eigenvalue weighted by Crippen LogP contribution is -2.25. The predicted octanol–water partition coefficient (Wildman–Crippen LogP) is 3.46. The molecule has 1 nitrogen and oxygen atoms in total.